The van der Waals surface area contributed by atoms with Crippen molar-refractivity contribution in [2.45, 2.75) is 38.5 Å². The molecule has 0 saturated heterocycles. The molecule has 0 unspecified atom stereocenters. The van der Waals surface area contributed by atoms with Gasteiger partial charge in [0.2, 0.25) is 0 Å². The maximum atomic E-state index is 5.94. The Morgan fingerprint density at radius 2 is 2.20 bits per heavy atom. The molecule has 0 amide bonds. The zero-order valence-corrected chi connectivity index (χ0v) is 9.63. The fourth-order valence-electron chi connectivity index (χ4n) is 1.75. The normalized spacial score (nSPS) is 25.0. The molecule has 1 aromatic rings. The van der Waals surface area contributed by atoms with Crippen LogP contribution in [-0.2, 0) is 11.3 Å². The van der Waals surface area contributed by atoms with Gasteiger partial charge in [0.1, 0.15) is 0 Å². The van der Waals surface area contributed by atoms with Crippen molar-refractivity contribution < 1.29 is 4.74 Å². The van der Waals surface area contributed by atoms with Gasteiger partial charge in [-0.1, -0.05) is 23.7 Å². The molecule has 2 nitrogen and oxygen atoms in total. The predicted molar refractivity (Wildman–Crippen MR) is 62.0 cm³/mol. The van der Waals surface area contributed by atoms with Gasteiger partial charge in [-0.25, -0.2) is 0 Å². The zero-order valence-electron chi connectivity index (χ0n) is 8.87. The number of hydrogen-bond donors (Lipinski definition) is 1. The largest absolute Gasteiger partial charge is 0.373 e. The van der Waals surface area contributed by atoms with Crippen molar-refractivity contribution in [3.63, 3.8) is 0 Å². The monoisotopic (exact) mass is 225 g/mol. The summed E-state index contributed by atoms with van der Waals surface area (Å²) >= 11 is 5.94. The second-order valence-electron chi connectivity index (χ2n) is 4.25. The Balaban J connectivity index is 1.86. The molecule has 0 aliphatic heterocycles. The summed E-state index contributed by atoms with van der Waals surface area (Å²) in [6.45, 7) is 2.67. The van der Waals surface area contributed by atoms with Gasteiger partial charge in [-0.3, -0.25) is 0 Å². The van der Waals surface area contributed by atoms with E-state index in [1.54, 1.807) is 0 Å². The summed E-state index contributed by atoms with van der Waals surface area (Å²) in [7, 11) is 0. The molecule has 1 fully saturated rings. The van der Waals surface area contributed by atoms with Crippen molar-refractivity contribution in [3.8, 4) is 0 Å². The summed E-state index contributed by atoms with van der Waals surface area (Å²) < 4.78 is 5.71. The molecule has 82 valence electrons. The van der Waals surface area contributed by atoms with Gasteiger partial charge < -0.3 is 10.5 Å². The van der Waals surface area contributed by atoms with Crippen LogP contribution in [0.5, 0.6) is 0 Å². The molecule has 1 aliphatic carbocycles. The van der Waals surface area contributed by atoms with Crippen LogP contribution in [0.1, 0.15) is 24.0 Å². The van der Waals surface area contributed by atoms with Crippen LogP contribution in [0.3, 0.4) is 0 Å². The van der Waals surface area contributed by atoms with E-state index < -0.39 is 0 Å². The first-order valence-corrected chi connectivity index (χ1v) is 5.65. The van der Waals surface area contributed by atoms with E-state index in [2.05, 4.69) is 6.07 Å². The Labute approximate surface area is 95.4 Å². The third kappa shape index (κ3) is 2.71. The van der Waals surface area contributed by atoms with Crippen LogP contribution in [0.4, 0.5) is 0 Å². The number of halogens is 1. The molecule has 0 bridgehead atoms. The van der Waals surface area contributed by atoms with E-state index in [-0.39, 0.29) is 0 Å². The van der Waals surface area contributed by atoms with Gasteiger partial charge in [-0.05, 0) is 37.0 Å². The molecular formula is C12H16ClNO. The van der Waals surface area contributed by atoms with E-state index in [9.17, 15) is 0 Å². The number of ether oxygens (including phenoxy) is 1. The summed E-state index contributed by atoms with van der Waals surface area (Å²) in [6.07, 6.45) is 2.34. The molecule has 0 aromatic heterocycles. The second kappa shape index (κ2) is 4.52. The molecule has 0 radical (unpaired) electrons. The fraction of sp³-hybridized carbons (Fsp3) is 0.500. The highest BCUT2D eigenvalue weighted by molar-refractivity contribution is 6.31. The van der Waals surface area contributed by atoms with Crippen LogP contribution < -0.4 is 5.73 Å². The number of benzene rings is 1. The Hall–Kier alpha value is -0.570. The van der Waals surface area contributed by atoms with E-state index in [1.165, 1.54) is 5.56 Å². The van der Waals surface area contributed by atoms with Gasteiger partial charge in [-0.2, -0.15) is 0 Å². The first-order chi connectivity index (χ1) is 7.15. The standard InChI is InChI=1S/C12H16ClNO/c1-8-4-9(2-3-12(8)13)7-15-11-5-10(14)6-11/h2-4,10-11H,5-7,14H2,1H3. The van der Waals surface area contributed by atoms with Crippen molar-refractivity contribution in [2.75, 3.05) is 0 Å². The van der Waals surface area contributed by atoms with Crippen LogP contribution >= 0.6 is 11.6 Å². The Bertz CT molecular complexity index is 347. The quantitative estimate of drug-likeness (QED) is 0.859. The van der Waals surface area contributed by atoms with Crippen molar-refractivity contribution in [3.05, 3.63) is 34.3 Å². The molecule has 3 heteroatoms. The average molecular weight is 226 g/mol. The predicted octanol–water partition coefficient (Wildman–Crippen LogP) is 2.65. The summed E-state index contributed by atoms with van der Waals surface area (Å²) in [6, 6.07) is 6.35. The van der Waals surface area contributed by atoms with Crippen LogP contribution in [0, 0.1) is 6.92 Å². The highest BCUT2D eigenvalue weighted by atomic mass is 35.5. The van der Waals surface area contributed by atoms with E-state index in [0.717, 1.165) is 23.4 Å². The highest BCUT2D eigenvalue weighted by Gasteiger charge is 2.26. The van der Waals surface area contributed by atoms with Gasteiger partial charge in [0.05, 0.1) is 12.7 Å². The molecule has 1 saturated carbocycles. The summed E-state index contributed by atoms with van der Waals surface area (Å²) in [4.78, 5) is 0. The Kier molecular flexibility index (Phi) is 3.29. The van der Waals surface area contributed by atoms with Crippen molar-refractivity contribution in [1.29, 1.82) is 0 Å². The lowest BCUT2D eigenvalue weighted by atomic mass is 9.90. The topological polar surface area (TPSA) is 35.2 Å². The molecule has 0 spiro atoms. The Morgan fingerprint density at radius 1 is 1.47 bits per heavy atom. The minimum absolute atomic E-state index is 0.349. The lowest BCUT2D eigenvalue weighted by molar-refractivity contribution is -0.0188. The number of hydrogen-bond acceptors (Lipinski definition) is 2. The van der Waals surface area contributed by atoms with Crippen molar-refractivity contribution in [1.82, 2.24) is 0 Å². The van der Waals surface area contributed by atoms with Crippen LogP contribution in [0.2, 0.25) is 5.02 Å². The highest BCUT2D eigenvalue weighted by Crippen LogP contribution is 2.23. The molecular weight excluding hydrogens is 210 g/mol. The third-order valence-electron chi connectivity index (χ3n) is 2.84. The van der Waals surface area contributed by atoms with E-state index in [1.807, 2.05) is 19.1 Å². The zero-order chi connectivity index (χ0) is 10.8. The molecule has 2 N–H and O–H groups in total. The van der Waals surface area contributed by atoms with Gasteiger partial charge >= 0.3 is 0 Å². The molecule has 0 atom stereocenters. The van der Waals surface area contributed by atoms with E-state index >= 15 is 0 Å². The molecule has 1 aliphatic rings. The van der Waals surface area contributed by atoms with Gasteiger partial charge in [0.25, 0.3) is 0 Å². The average Bonchev–Trinajstić information content (AvgIpc) is 2.16. The summed E-state index contributed by atoms with van der Waals surface area (Å²) in [5.41, 5.74) is 7.96. The first-order valence-electron chi connectivity index (χ1n) is 5.27. The summed E-state index contributed by atoms with van der Waals surface area (Å²) in [5, 5.41) is 0.810. The summed E-state index contributed by atoms with van der Waals surface area (Å²) in [5.74, 6) is 0. The lowest BCUT2D eigenvalue weighted by Crippen LogP contribution is -2.41. The van der Waals surface area contributed by atoms with Crippen LogP contribution in [-0.4, -0.2) is 12.1 Å². The maximum Gasteiger partial charge on any atom is 0.0720 e. The lowest BCUT2D eigenvalue weighted by Gasteiger charge is -2.32. The van der Waals surface area contributed by atoms with Gasteiger partial charge in [0, 0.05) is 11.1 Å². The number of rotatable bonds is 3. The van der Waals surface area contributed by atoms with Crippen molar-refractivity contribution in [2.24, 2.45) is 5.73 Å². The number of aryl methyl sites for hydroxylation is 1. The molecule has 1 aromatic carbocycles. The van der Waals surface area contributed by atoms with E-state index in [4.69, 9.17) is 22.1 Å². The first kappa shape index (κ1) is 10.9. The van der Waals surface area contributed by atoms with Crippen LogP contribution in [0.25, 0.3) is 0 Å². The minimum atomic E-state index is 0.349. The third-order valence-corrected chi connectivity index (χ3v) is 3.26. The van der Waals surface area contributed by atoms with Gasteiger partial charge in [-0.15, -0.1) is 0 Å². The van der Waals surface area contributed by atoms with Crippen molar-refractivity contribution >= 4 is 11.6 Å². The smallest absolute Gasteiger partial charge is 0.0720 e. The van der Waals surface area contributed by atoms with Gasteiger partial charge in [0.15, 0.2) is 0 Å². The minimum Gasteiger partial charge on any atom is -0.373 e. The van der Waals surface area contributed by atoms with Crippen LogP contribution in [0.15, 0.2) is 18.2 Å². The Morgan fingerprint density at radius 3 is 2.80 bits per heavy atom. The molecule has 15 heavy (non-hydrogen) atoms. The molecule has 0 heterocycles. The van der Waals surface area contributed by atoms with E-state index in [0.29, 0.717) is 18.8 Å². The fourth-order valence-corrected chi connectivity index (χ4v) is 1.87. The molecule has 2 rings (SSSR count). The SMILES string of the molecule is Cc1cc(COC2CC(N)C2)ccc1Cl. The second-order valence-corrected chi connectivity index (χ2v) is 4.66. The maximum absolute atomic E-state index is 5.94. The number of nitrogens with two attached hydrogens (primary N) is 1.